The minimum Gasteiger partial charge on any atom is -0.507 e. The van der Waals surface area contributed by atoms with Crippen molar-refractivity contribution < 1.29 is 24.5 Å². The maximum absolute atomic E-state index is 11.3. The fraction of sp³-hybridized carbons (Fsp3) is 0.167. The van der Waals surface area contributed by atoms with Crippen LogP contribution in [0.15, 0.2) is 70.9 Å². The number of nitrogens with zero attached hydrogens (tertiary/aromatic N) is 4. The molecule has 0 bridgehead atoms. The SMILES string of the molecule is COCCOc1cc(N=Nc2ccc(O)c(C(=O)O)c2)c2nc(N)n(Cc3ccccc3)c2c1. The molecule has 0 saturated carbocycles. The Labute approximate surface area is 194 Å². The molecule has 0 fully saturated rings. The molecule has 4 aromatic rings. The summed E-state index contributed by atoms with van der Waals surface area (Å²) in [6.07, 6.45) is 0. The van der Waals surface area contributed by atoms with Gasteiger partial charge in [0, 0.05) is 19.2 Å². The highest BCUT2D eigenvalue weighted by molar-refractivity contribution is 5.92. The number of benzene rings is 3. The molecule has 4 rings (SSSR count). The average Bonchev–Trinajstić information content (AvgIpc) is 3.14. The molecule has 0 saturated heterocycles. The lowest BCUT2D eigenvalue weighted by Crippen LogP contribution is -2.06. The zero-order valence-electron chi connectivity index (χ0n) is 18.4. The van der Waals surface area contributed by atoms with E-state index in [4.69, 9.17) is 15.2 Å². The lowest BCUT2D eigenvalue weighted by Gasteiger charge is -2.10. The van der Waals surface area contributed by atoms with Crippen molar-refractivity contribution in [2.24, 2.45) is 10.2 Å². The molecular formula is C24H23N5O5. The summed E-state index contributed by atoms with van der Waals surface area (Å²) in [6, 6.07) is 17.3. The molecule has 10 nitrogen and oxygen atoms in total. The van der Waals surface area contributed by atoms with Crippen molar-refractivity contribution in [1.29, 1.82) is 0 Å². The number of nitrogen functional groups attached to an aromatic ring is 1. The topological polar surface area (TPSA) is 145 Å². The van der Waals surface area contributed by atoms with E-state index in [0.717, 1.165) is 5.56 Å². The third-order valence-electron chi connectivity index (χ3n) is 5.06. The summed E-state index contributed by atoms with van der Waals surface area (Å²) in [5.74, 6) is -0.778. The lowest BCUT2D eigenvalue weighted by molar-refractivity contribution is 0.0693. The van der Waals surface area contributed by atoms with Gasteiger partial charge in [0.05, 0.1) is 24.4 Å². The Balaban J connectivity index is 1.77. The maximum atomic E-state index is 11.3. The van der Waals surface area contributed by atoms with Gasteiger partial charge in [-0.3, -0.25) is 0 Å². The van der Waals surface area contributed by atoms with Crippen LogP contribution in [-0.2, 0) is 11.3 Å². The van der Waals surface area contributed by atoms with E-state index in [1.165, 1.54) is 18.2 Å². The van der Waals surface area contributed by atoms with Gasteiger partial charge in [0.1, 0.15) is 34.9 Å². The van der Waals surface area contributed by atoms with Crippen LogP contribution in [0.3, 0.4) is 0 Å². The van der Waals surface area contributed by atoms with Crippen molar-refractivity contribution in [1.82, 2.24) is 9.55 Å². The predicted octanol–water partition coefficient (Wildman–Crippen LogP) is 4.51. The van der Waals surface area contributed by atoms with Gasteiger partial charge in [-0.25, -0.2) is 9.78 Å². The second-order valence-corrected chi connectivity index (χ2v) is 7.40. The van der Waals surface area contributed by atoms with E-state index in [1.807, 2.05) is 41.0 Å². The fourth-order valence-electron chi connectivity index (χ4n) is 3.40. The third-order valence-corrected chi connectivity index (χ3v) is 5.06. The number of ether oxygens (including phenoxy) is 2. The first-order valence-corrected chi connectivity index (χ1v) is 10.4. The quantitative estimate of drug-likeness (QED) is 0.246. The normalized spacial score (nSPS) is 11.3. The maximum Gasteiger partial charge on any atom is 0.339 e. The number of azo groups is 1. The number of nitrogens with two attached hydrogens (primary N) is 1. The smallest absolute Gasteiger partial charge is 0.339 e. The fourth-order valence-corrected chi connectivity index (χ4v) is 3.40. The first-order chi connectivity index (χ1) is 16.5. The minimum absolute atomic E-state index is 0.255. The van der Waals surface area contributed by atoms with E-state index < -0.39 is 5.97 Å². The van der Waals surface area contributed by atoms with Gasteiger partial charge >= 0.3 is 5.97 Å². The summed E-state index contributed by atoms with van der Waals surface area (Å²) >= 11 is 0. The number of hydrogen-bond donors (Lipinski definition) is 3. The number of carboxylic acid groups (broad SMARTS) is 1. The van der Waals surface area contributed by atoms with Gasteiger partial charge in [0.2, 0.25) is 5.95 Å². The number of imidazole rings is 1. The Morgan fingerprint density at radius 3 is 2.62 bits per heavy atom. The Morgan fingerprint density at radius 2 is 1.88 bits per heavy atom. The number of hydrogen-bond acceptors (Lipinski definition) is 8. The Morgan fingerprint density at radius 1 is 1.09 bits per heavy atom. The number of phenols is 1. The van der Waals surface area contributed by atoms with E-state index in [1.54, 1.807) is 13.2 Å². The average molecular weight is 461 g/mol. The van der Waals surface area contributed by atoms with Gasteiger partial charge in [-0.05, 0) is 23.8 Å². The Bertz CT molecular complexity index is 1350. The number of aromatic hydroxyl groups is 1. The highest BCUT2D eigenvalue weighted by Gasteiger charge is 2.16. The van der Waals surface area contributed by atoms with E-state index in [9.17, 15) is 15.0 Å². The number of fused-ring (bicyclic) bond motifs is 1. The summed E-state index contributed by atoms with van der Waals surface area (Å²) in [6.45, 7) is 1.24. The van der Waals surface area contributed by atoms with Crippen molar-refractivity contribution in [3.63, 3.8) is 0 Å². The number of carbonyl (C=O) groups is 1. The molecule has 0 aliphatic rings. The largest absolute Gasteiger partial charge is 0.507 e. The predicted molar refractivity (Wildman–Crippen MR) is 126 cm³/mol. The first kappa shape index (κ1) is 22.7. The first-order valence-electron chi connectivity index (χ1n) is 10.4. The molecule has 0 atom stereocenters. The third kappa shape index (κ3) is 4.97. The van der Waals surface area contributed by atoms with Crippen LogP contribution >= 0.6 is 0 Å². The number of rotatable bonds is 9. The summed E-state index contributed by atoms with van der Waals surface area (Å²) in [5.41, 5.74) is 8.91. The van der Waals surface area contributed by atoms with Crippen molar-refractivity contribution in [3.05, 3.63) is 71.8 Å². The van der Waals surface area contributed by atoms with Crippen molar-refractivity contribution in [3.8, 4) is 11.5 Å². The van der Waals surface area contributed by atoms with Crippen LogP contribution in [0.1, 0.15) is 15.9 Å². The van der Waals surface area contributed by atoms with Crippen molar-refractivity contribution in [2.75, 3.05) is 26.1 Å². The number of aromatic nitrogens is 2. The number of aromatic carboxylic acids is 1. The van der Waals surface area contributed by atoms with Crippen LogP contribution in [0.2, 0.25) is 0 Å². The van der Waals surface area contributed by atoms with Gasteiger partial charge in [0.25, 0.3) is 0 Å². The van der Waals surface area contributed by atoms with E-state index >= 15 is 0 Å². The summed E-state index contributed by atoms with van der Waals surface area (Å²) < 4.78 is 12.7. The highest BCUT2D eigenvalue weighted by Crippen LogP contribution is 2.34. The second kappa shape index (κ2) is 10.0. The molecule has 0 aliphatic heterocycles. The van der Waals surface area contributed by atoms with Crippen LogP contribution in [0, 0.1) is 0 Å². The van der Waals surface area contributed by atoms with Crippen LogP contribution in [0.4, 0.5) is 17.3 Å². The van der Waals surface area contributed by atoms with E-state index in [2.05, 4.69) is 15.2 Å². The minimum atomic E-state index is -1.27. The van der Waals surface area contributed by atoms with Gasteiger partial charge in [-0.2, -0.15) is 5.11 Å². The van der Waals surface area contributed by atoms with Crippen LogP contribution < -0.4 is 10.5 Å². The van der Waals surface area contributed by atoms with Gasteiger partial charge in [-0.1, -0.05) is 30.3 Å². The molecule has 0 unspecified atom stereocenters. The highest BCUT2D eigenvalue weighted by atomic mass is 16.5. The van der Waals surface area contributed by atoms with Gasteiger partial charge < -0.3 is 30.0 Å². The van der Waals surface area contributed by atoms with Crippen LogP contribution in [0.25, 0.3) is 11.0 Å². The van der Waals surface area contributed by atoms with Crippen molar-refractivity contribution in [2.45, 2.75) is 6.54 Å². The van der Waals surface area contributed by atoms with E-state index in [-0.39, 0.29) is 17.0 Å². The van der Waals surface area contributed by atoms with E-state index in [0.29, 0.717) is 48.2 Å². The monoisotopic (exact) mass is 461 g/mol. The Kier molecular flexibility index (Phi) is 6.69. The van der Waals surface area contributed by atoms with Crippen LogP contribution in [-0.4, -0.2) is 46.1 Å². The molecule has 0 aliphatic carbocycles. The number of carboxylic acids is 1. The molecular weight excluding hydrogens is 438 g/mol. The standard InChI is InChI=1S/C24H23N5O5/c1-33-9-10-34-17-12-19(28-27-16-7-8-21(30)18(11-16)23(31)32)22-20(13-17)29(24(25)26-22)14-15-5-3-2-4-6-15/h2-8,11-13,30H,9-10,14H2,1H3,(H2,25,26)(H,31,32). The number of methoxy groups -OCH3 is 1. The molecule has 4 N–H and O–H groups in total. The Hall–Kier alpha value is -4.44. The van der Waals surface area contributed by atoms with Gasteiger partial charge in [-0.15, -0.1) is 5.11 Å². The molecule has 0 spiro atoms. The molecule has 0 amide bonds. The molecule has 1 heterocycles. The lowest BCUT2D eigenvalue weighted by atomic mass is 10.2. The molecule has 3 aromatic carbocycles. The summed E-state index contributed by atoms with van der Waals surface area (Å²) in [4.78, 5) is 15.8. The summed E-state index contributed by atoms with van der Waals surface area (Å²) in [5, 5.41) is 27.4. The molecule has 0 radical (unpaired) electrons. The van der Waals surface area contributed by atoms with Crippen LogP contribution in [0.5, 0.6) is 11.5 Å². The zero-order valence-corrected chi connectivity index (χ0v) is 18.4. The molecule has 1 aromatic heterocycles. The molecule has 10 heteroatoms. The number of anilines is 1. The second-order valence-electron chi connectivity index (χ2n) is 7.40. The zero-order chi connectivity index (χ0) is 24.1. The summed E-state index contributed by atoms with van der Waals surface area (Å²) in [7, 11) is 1.59. The van der Waals surface area contributed by atoms with Gasteiger partial charge in [0.15, 0.2) is 0 Å². The molecule has 34 heavy (non-hydrogen) atoms. The molecule has 174 valence electrons. The van der Waals surface area contributed by atoms with Crippen molar-refractivity contribution >= 4 is 34.3 Å².